The van der Waals surface area contributed by atoms with Crippen molar-refractivity contribution in [1.82, 2.24) is 0 Å². The highest BCUT2D eigenvalue weighted by Gasteiger charge is 2.19. The van der Waals surface area contributed by atoms with Crippen LogP contribution in [0.25, 0.3) is 5.57 Å². The fourth-order valence-electron chi connectivity index (χ4n) is 1.43. The molecule has 1 aromatic rings. The number of carboxylic acid groups (broad SMARTS) is 1. The first-order chi connectivity index (χ1) is 5.79. The highest BCUT2D eigenvalue weighted by atomic mass is 16.4. The van der Waals surface area contributed by atoms with Crippen molar-refractivity contribution in [2.45, 2.75) is 12.8 Å². The minimum Gasteiger partial charge on any atom is -0.478 e. The van der Waals surface area contributed by atoms with Crippen molar-refractivity contribution in [2.75, 3.05) is 0 Å². The molecule has 3 nitrogen and oxygen atoms in total. The Labute approximate surface area is 69.3 Å². The number of allylic oxidation sites excluding steroid dienone is 1. The van der Waals surface area contributed by atoms with E-state index in [0.29, 0.717) is 5.57 Å². The average molecular weight is 164 g/mol. The summed E-state index contributed by atoms with van der Waals surface area (Å²) in [6.07, 6.45) is 4.83. The molecule has 0 saturated carbocycles. The topological polar surface area (TPSA) is 50.4 Å². The molecule has 12 heavy (non-hydrogen) atoms. The fraction of sp³-hybridized carbons (Fsp3) is 0.222. The van der Waals surface area contributed by atoms with Crippen molar-refractivity contribution in [3.05, 3.63) is 29.7 Å². The number of aliphatic carboxylic acids is 1. The van der Waals surface area contributed by atoms with Crippen LogP contribution in [0.2, 0.25) is 0 Å². The van der Waals surface area contributed by atoms with Gasteiger partial charge in [-0.3, -0.25) is 0 Å². The molecule has 0 spiro atoms. The van der Waals surface area contributed by atoms with Gasteiger partial charge in [0.25, 0.3) is 0 Å². The summed E-state index contributed by atoms with van der Waals surface area (Å²) in [5.74, 6) is -0.0905. The standard InChI is InChI=1S/C9H8O3/c10-9(11)7-2-1-3-8-6(7)4-5-12-8/h2,4-5H,1,3H2,(H,10,11). The number of aryl methyl sites for hydroxylation is 1. The van der Waals surface area contributed by atoms with Crippen LogP contribution >= 0.6 is 0 Å². The number of rotatable bonds is 1. The molecule has 0 radical (unpaired) electrons. The van der Waals surface area contributed by atoms with E-state index in [4.69, 9.17) is 9.52 Å². The summed E-state index contributed by atoms with van der Waals surface area (Å²) in [6.45, 7) is 0. The second-order valence-electron chi connectivity index (χ2n) is 2.72. The molecule has 0 bridgehead atoms. The second kappa shape index (κ2) is 2.52. The second-order valence-corrected chi connectivity index (χ2v) is 2.72. The molecular weight excluding hydrogens is 156 g/mol. The zero-order valence-electron chi connectivity index (χ0n) is 6.41. The highest BCUT2D eigenvalue weighted by Crippen LogP contribution is 2.26. The molecule has 62 valence electrons. The van der Waals surface area contributed by atoms with E-state index in [1.165, 1.54) is 6.26 Å². The zero-order chi connectivity index (χ0) is 8.55. The van der Waals surface area contributed by atoms with Gasteiger partial charge in [0.15, 0.2) is 0 Å². The van der Waals surface area contributed by atoms with Crippen LogP contribution in [0.4, 0.5) is 0 Å². The molecule has 0 unspecified atom stereocenters. The number of carboxylic acids is 1. The van der Waals surface area contributed by atoms with E-state index in [9.17, 15) is 4.79 Å². The third kappa shape index (κ3) is 0.942. The van der Waals surface area contributed by atoms with Gasteiger partial charge in [0.2, 0.25) is 0 Å². The van der Waals surface area contributed by atoms with Gasteiger partial charge < -0.3 is 9.52 Å². The van der Waals surface area contributed by atoms with Crippen LogP contribution in [0.3, 0.4) is 0 Å². The zero-order valence-corrected chi connectivity index (χ0v) is 6.41. The average Bonchev–Trinajstić information content (AvgIpc) is 2.49. The molecule has 0 aromatic carbocycles. The van der Waals surface area contributed by atoms with Crippen molar-refractivity contribution in [3.63, 3.8) is 0 Å². The van der Waals surface area contributed by atoms with Crippen LogP contribution in [0.15, 0.2) is 22.8 Å². The number of hydrogen-bond donors (Lipinski definition) is 1. The lowest BCUT2D eigenvalue weighted by atomic mass is 9.98. The van der Waals surface area contributed by atoms with Gasteiger partial charge in [-0.05, 0) is 12.5 Å². The molecular formula is C9H8O3. The number of hydrogen-bond acceptors (Lipinski definition) is 2. The van der Waals surface area contributed by atoms with Crippen molar-refractivity contribution >= 4 is 11.5 Å². The Kier molecular flexibility index (Phi) is 1.50. The summed E-state index contributed by atoms with van der Waals surface area (Å²) < 4.78 is 5.13. The molecule has 0 saturated heterocycles. The molecule has 0 amide bonds. The maximum Gasteiger partial charge on any atom is 0.336 e. The van der Waals surface area contributed by atoms with Crippen molar-refractivity contribution < 1.29 is 14.3 Å². The van der Waals surface area contributed by atoms with Crippen molar-refractivity contribution in [1.29, 1.82) is 0 Å². The van der Waals surface area contributed by atoms with E-state index in [2.05, 4.69) is 0 Å². The van der Waals surface area contributed by atoms with Gasteiger partial charge >= 0.3 is 5.97 Å². The predicted octanol–water partition coefficient (Wildman–Crippen LogP) is 1.69. The summed E-state index contributed by atoms with van der Waals surface area (Å²) in [7, 11) is 0. The van der Waals surface area contributed by atoms with E-state index < -0.39 is 5.97 Å². The van der Waals surface area contributed by atoms with Crippen LogP contribution in [0, 0.1) is 0 Å². The third-order valence-corrected chi connectivity index (χ3v) is 1.99. The first-order valence-electron chi connectivity index (χ1n) is 3.79. The summed E-state index contributed by atoms with van der Waals surface area (Å²) in [4.78, 5) is 10.7. The van der Waals surface area contributed by atoms with Gasteiger partial charge in [-0.25, -0.2) is 4.79 Å². The minimum absolute atomic E-state index is 0.366. The Hall–Kier alpha value is -1.51. The summed E-state index contributed by atoms with van der Waals surface area (Å²) in [5.41, 5.74) is 1.10. The van der Waals surface area contributed by atoms with Gasteiger partial charge in [-0.2, -0.15) is 0 Å². The normalized spacial score (nSPS) is 15.2. The minimum atomic E-state index is -0.877. The summed E-state index contributed by atoms with van der Waals surface area (Å²) in [5, 5.41) is 8.79. The SMILES string of the molecule is O=C(O)C1=CCCc2occc21. The number of furan rings is 1. The lowest BCUT2D eigenvalue weighted by Gasteiger charge is -2.07. The van der Waals surface area contributed by atoms with Crippen LogP contribution in [-0.2, 0) is 11.2 Å². The molecule has 0 aliphatic heterocycles. The molecule has 1 N–H and O–H groups in total. The maximum atomic E-state index is 10.7. The Balaban J connectivity index is 2.50. The lowest BCUT2D eigenvalue weighted by molar-refractivity contribution is -0.130. The smallest absolute Gasteiger partial charge is 0.336 e. The molecule has 0 fully saturated rings. The lowest BCUT2D eigenvalue weighted by Crippen LogP contribution is -2.04. The first-order valence-corrected chi connectivity index (χ1v) is 3.79. The molecule has 2 rings (SSSR count). The Morgan fingerprint density at radius 2 is 2.42 bits per heavy atom. The Morgan fingerprint density at radius 3 is 3.17 bits per heavy atom. The van der Waals surface area contributed by atoms with E-state index in [-0.39, 0.29) is 0 Å². The molecule has 1 heterocycles. The monoisotopic (exact) mass is 164 g/mol. The first kappa shape index (κ1) is 7.16. The highest BCUT2D eigenvalue weighted by molar-refractivity contribution is 6.15. The number of fused-ring (bicyclic) bond motifs is 1. The van der Waals surface area contributed by atoms with Gasteiger partial charge in [0.1, 0.15) is 5.76 Å². The maximum absolute atomic E-state index is 10.7. The van der Waals surface area contributed by atoms with Crippen LogP contribution in [0.5, 0.6) is 0 Å². The Morgan fingerprint density at radius 1 is 1.58 bits per heavy atom. The van der Waals surface area contributed by atoms with E-state index >= 15 is 0 Å². The molecule has 3 heteroatoms. The van der Waals surface area contributed by atoms with E-state index in [0.717, 1.165) is 24.2 Å². The number of carbonyl (C=O) groups is 1. The van der Waals surface area contributed by atoms with Gasteiger partial charge in [-0.1, -0.05) is 6.08 Å². The van der Waals surface area contributed by atoms with Crippen LogP contribution < -0.4 is 0 Å². The largest absolute Gasteiger partial charge is 0.478 e. The summed E-state index contributed by atoms with van der Waals surface area (Å²) in [6, 6.07) is 1.70. The predicted molar refractivity (Wildman–Crippen MR) is 42.6 cm³/mol. The third-order valence-electron chi connectivity index (χ3n) is 1.99. The van der Waals surface area contributed by atoms with Gasteiger partial charge in [0.05, 0.1) is 11.8 Å². The Bertz CT molecular complexity index is 346. The molecule has 1 aromatic heterocycles. The van der Waals surface area contributed by atoms with E-state index in [1.54, 1.807) is 12.1 Å². The van der Waals surface area contributed by atoms with Gasteiger partial charge in [-0.15, -0.1) is 0 Å². The van der Waals surface area contributed by atoms with Crippen molar-refractivity contribution in [2.24, 2.45) is 0 Å². The fourth-order valence-corrected chi connectivity index (χ4v) is 1.43. The summed E-state index contributed by atoms with van der Waals surface area (Å²) >= 11 is 0. The van der Waals surface area contributed by atoms with Crippen LogP contribution in [-0.4, -0.2) is 11.1 Å². The van der Waals surface area contributed by atoms with Crippen molar-refractivity contribution in [3.8, 4) is 0 Å². The van der Waals surface area contributed by atoms with Gasteiger partial charge in [0, 0.05) is 12.0 Å². The van der Waals surface area contributed by atoms with Crippen LogP contribution in [0.1, 0.15) is 17.7 Å². The quantitative estimate of drug-likeness (QED) is 0.687. The molecule has 1 aliphatic rings. The molecule has 1 aliphatic carbocycles. The molecule has 0 atom stereocenters. The van der Waals surface area contributed by atoms with E-state index in [1.807, 2.05) is 0 Å².